The maximum atomic E-state index is 5.45. The van der Waals surface area contributed by atoms with Crippen LogP contribution < -0.4 is 20.1 Å². The number of nitrogens with zero attached hydrogens (tertiary/aromatic N) is 2. The summed E-state index contributed by atoms with van der Waals surface area (Å²) in [5.41, 5.74) is 3.05. The largest absolute Gasteiger partial charge is 0.454 e. The van der Waals surface area contributed by atoms with Gasteiger partial charge in [-0.25, -0.2) is 4.98 Å². The molecule has 0 aliphatic carbocycles. The molecule has 138 valence electrons. The third-order valence-electron chi connectivity index (χ3n) is 4.24. The van der Waals surface area contributed by atoms with Crippen molar-refractivity contribution in [2.45, 2.75) is 19.9 Å². The highest BCUT2D eigenvalue weighted by molar-refractivity contribution is 5.64. The second-order valence-corrected chi connectivity index (χ2v) is 6.30. The Morgan fingerprint density at radius 3 is 2.63 bits per heavy atom. The van der Waals surface area contributed by atoms with Crippen LogP contribution in [0, 0.1) is 0 Å². The zero-order valence-electron chi connectivity index (χ0n) is 15.2. The van der Waals surface area contributed by atoms with Gasteiger partial charge in [0.1, 0.15) is 5.82 Å². The van der Waals surface area contributed by atoms with Gasteiger partial charge in [-0.3, -0.25) is 0 Å². The minimum atomic E-state index is 0.283. The lowest BCUT2D eigenvalue weighted by molar-refractivity contribution is 0.174. The molecule has 0 fully saturated rings. The summed E-state index contributed by atoms with van der Waals surface area (Å²) in [6, 6.07) is 18.0. The Balaban J connectivity index is 1.55. The van der Waals surface area contributed by atoms with Crippen LogP contribution in [0.15, 0.2) is 54.6 Å². The molecule has 1 aliphatic rings. The van der Waals surface area contributed by atoms with E-state index in [0.717, 1.165) is 47.1 Å². The van der Waals surface area contributed by atoms with Crippen LogP contribution in [0.25, 0.3) is 11.3 Å². The summed E-state index contributed by atoms with van der Waals surface area (Å²) in [6.07, 6.45) is 1.01. The maximum Gasteiger partial charge on any atom is 0.231 e. The Morgan fingerprint density at radius 1 is 0.926 bits per heavy atom. The zero-order valence-corrected chi connectivity index (χ0v) is 15.2. The van der Waals surface area contributed by atoms with Crippen LogP contribution in [0.5, 0.6) is 11.5 Å². The number of benzene rings is 2. The molecule has 1 aromatic heterocycles. The molecular formula is C21H22N4O2. The van der Waals surface area contributed by atoms with Gasteiger partial charge in [-0.2, -0.15) is 4.98 Å². The molecule has 2 heterocycles. The van der Waals surface area contributed by atoms with E-state index in [2.05, 4.69) is 27.5 Å². The second-order valence-electron chi connectivity index (χ2n) is 6.30. The molecule has 0 amide bonds. The minimum Gasteiger partial charge on any atom is -0.454 e. The third-order valence-corrected chi connectivity index (χ3v) is 4.24. The Bertz CT molecular complexity index is 915. The fourth-order valence-electron chi connectivity index (χ4n) is 2.85. The lowest BCUT2D eigenvalue weighted by Gasteiger charge is -2.11. The molecule has 2 aromatic carbocycles. The zero-order chi connectivity index (χ0) is 18.5. The van der Waals surface area contributed by atoms with E-state index in [1.807, 2.05) is 54.6 Å². The van der Waals surface area contributed by atoms with E-state index < -0.39 is 0 Å². The summed E-state index contributed by atoms with van der Waals surface area (Å²) in [4.78, 5) is 9.24. The summed E-state index contributed by atoms with van der Waals surface area (Å²) in [7, 11) is 0. The molecule has 0 unspecified atom stereocenters. The number of fused-ring (bicyclic) bond motifs is 1. The first-order valence-corrected chi connectivity index (χ1v) is 9.12. The molecule has 3 aromatic rings. The predicted octanol–water partition coefficient (Wildman–Crippen LogP) is 4.31. The Kier molecular flexibility index (Phi) is 5.05. The summed E-state index contributed by atoms with van der Waals surface area (Å²) >= 11 is 0. The van der Waals surface area contributed by atoms with Crippen molar-refractivity contribution in [1.29, 1.82) is 0 Å². The quantitative estimate of drug-likeness (QED) is 0.653. The fraction of sp³-hybridized carbons (Fsp3) is 0.238. The van der Waals surface area contributed by atoms with Gasteiger partial charge in [0.2, 0.25) is 12.7 Å². The van der Waals surface area contributed by atoms with Crippen molar-refractivity contribution in [3.63, 3.8) is 0 Å². The molecule has 27 heavy (non-hydrogen) atoms. The summed E-state index contributed by atoms with van der Waals surface area (Å²) in [5.74, 6) is 2.98. The van der Waals surface area contributed by atoms with E-state index in [9.17, 15) is 0 Å². The first-order chi connectivity index (χ1) is 13.3. The van der Waals surface area contributed by atoms with E-state index in [4.69, 9.17) is 9.47 Å². The lowest BCUT2D eigenvalue weighted by atomic mass is 10.1. The minimum absolute atomic E-state index is 0.283. The van der Waals surface area contributed by atoms with Gasteiger partial charge < -0.3 is 20.1 Å². The van der Waals surface area contributed by atoms with Crippen LogP contribution in [-0.4, -0.2) is 23.3 Å². The standard InChI is InChI=1S/C21H22N4O2/c1-2-10-22-21-24-17(16-6-4-3-5-7-16)12-20(25-21)23-13-15-8-9-18-19(11-15)27-14-26-18/h3-9,11-12H,2,10,13-14H2,1H3,(H2,22,23,24,25). The topological polar surface area (TPSA) is 68.3 Å². The van der Waals surface area contributed by atoms with Crippen molar-refractivity contribution in [3.8, 4) is 22.8 Å². The molecule has 0 radical (unpaired) electrons. The van der Waals surface area contributed by atoms with E-state index >= 15 is 0 Å². The summed E-state index contributed by atoms with van der Waals surface area (Å²) < 4.78 is 10.8. The van der Waals surface area contributed by atoms with Crippen molar-refractivity contribution in [2.75, 3.05) is 24.0 Å². The van der Waals surface area contributed by atoms with Crippen LogP contribution in [0.3, 0.4) is 0 Å². The average molecular weight is 362 g/mol. The number of rotatable bonds is 7. The number of anilines is 2. The first-order valence-electron chi connectivity index (χ1n) is 9.12. The normalized spacial score (nSPS) is 12.0. The highest BCUT2D eigenvalue weighted by Crippen LogP contribution is 2.32. The summed E-state index contributed by atoms with van der Waals surface area (Å²) in [5, 5.41) is 6.67. The van der Waals surface area contributed by atoms with Crippen LogP contribution in [0.4, 0.5) is 11.8 Å². The molecule has 0 bridgehead atoms. The van der Waals surface area contributed by atoms with Gasteiger partial charge in [-0.15, -0.1) is 0 Å². The average Bonchev–Trinajstić information content (AvgIpc) is 3.19. The third kappa shape index (κ3) is 4.11. The van der Waals surface area contributed by atoms with Gasteiger partial charge in [0.15, 0.2) is 11.5 Å². The lowest BCUT2D eigenvalue weighted by Crippen LogP contribution is -2.08. The molecule has 0 saturated heterocycles. The van der Waals surface area contributed by atoms with Gasteiger partial charge in [0, 0.05) is 24.7 Å². The fourth-order valence-corrected chi connectivity index (χ4v) is 2.85. The van der Waals surface area contributed by atoms with Crippen LogP contribution in [0.2, 0.25) is 0 Å². The van der Waals surface area contributed by atoms with Gasteiger partial charge in [0.05, 0.1) is 5.69 Å². The maximum absolute atomic E-state index is 5.45. The SMILES string of the molecule is CCCNc1nc(NCc2ccc3c(c2)OCO3)cc(-c2ccccc2)n1. The molecule has 0 saturated carbocycles. The van der Waals surface area contributed by atoms with E-state index in [1.165, 1.54) is 0 Å². The molecule has 2 N–H and O–H groups in total. The van der Waals surface area contributed by atoms with Crippen molar-refractivity contribution in [2.24, 2.45) is 0 Å². The number of hydrogen-bond donors (Lipinski definition) is 2. The Labute approximate surface area is 158 Å². The molecule has 6 nitrogen and oxygen atoms in total. The second kappa shape index (κ2) is 7.95. The van der Waals surface area contributed by atoms with Crippen molar-refractivity contribution < 1.29 is 9.47 Å². The van der Waals surface area contributed by atoms with Crippen LogP contribution >= 0.6 is 0 Å². The van der Waals surface area contributed by atoms with Crippen LogP contribution in [0.1, 0.15) is 18.9 Å². The molecule has 0 atom stereocenters. The van der Waals surface area contributed by atoms with Gasteiger partial charge in [-0.1, -0.05) is 43.3 Å². The molecular weight excluding hydrogens is 340 g/mol. The van der Waals surface area contributed by atoms with E-state index in [1.54, 1.807) is 0 Å². The summed E-state index contributed by atoms with van der Waals surface area (Å²) in [6.45, 7) is 3.87. The van der Waals surface area contributed by atoms with Crippen molar-refractivity contribution in [1.82, 2.24) is 9.97 Å². The van der Waals surface area contributed by atoms with E-state index in [0.29, 0.717) is 12.5 Å². The van der Waals surface area contributed by atoms with Crippen molar-refractivity contribution >= 4 is 11.8 Å². The molecule has 6 heteroatoms. The monoisotopic (exact) mass is 362 g/mol. The Hall–Kier alpha value is -3.28. The predicted molar refractivity (Wildman–Crippen MR) is 106 cm³/mol. The van der Waals surface area contributed by atoms with Crippen molar-refractivity contribution in [3.05, 3.63) is 60.2 Å². The smallest absolute Gasteiger partial charge is 0.231 e. The number of ether oxygens (including phenoxy) is 2. The number of hydrogen-bond acceptors (Lipinski definition) is 6. The number of aromatic nitrogens is 2. The van der Waals surface area contributed by atoms with E-state index in [-0.39, 0.29) is 6.79 Å². The van der Waals surface area contributed by atoms with Gasteiger partial charge in [-0.05, 0) is 24.1 Å². The number of nitrogens with one attached hydrogen (secondary N) is 2. The van der Waals surface area contributed by atoms with Gasteiger partial charge >= 0.3 is 0 Å². The highest BCUT2D eigenvalue weighted by Gasteiger charge is 2.13. The molecule has 0 spiro atoms. The van der Waals surface area contributed by atoms with Crippen LogP contribution in [-0.2, 0) is 6.54 Å². The molecule has 4 rings (SSSR count). The Morgan fingerprint density at radius 2 is 1.78 bits per heavy atom. The van der Waals surface area contributed by atoms with Gasteiger partial charge in [0.25, 0.3) is 0 Å². The first kappa shape index (κ1) is 17.1. The highest BCUT2D eigenvalue weighted by atomic mass is 16.7. The molecule has 1 aliphatic heterocycles.